The predicted molar refractivity (Wildman–Crippen MR) is 63.7 cm³/mol. The summed E-state index contributed by atoms with van der Waals surface area (Å²) in [5.41, 5.74) is 2.19. The van der Waals surface area contributed by atoms with E-state index in [-0.39, 0.29) is 13.2 Å². The number of benzene rings is 1. The van der Waals surface area contributed by atoms with Gasteiger partial charge in [-0.15, -0.1) is 0 Å². The zero-order chi connectivity index (χ0) is 11.8. The van der Waals surface area contributed by atoms with Gasteiger partial charge in [0.1, 0.15) is 0 Å². The number of para-hydroxylation sites is 1. The van der Waals surface area contributed by atoms with Gasteiger partial charge in [0, 0.05) is 0 Å². The molecule has 1 aliphatic heterocycles. The van der Waals surface area contributed by atoms with E-state index in [0.717, 1.165) is 5.56 Å². The minimum Gasteiger partial charge on any atom is -0.392 e. The molecule has 0 saturated carbocycles. The highest BCUT2D eigenvalue weighted by Gasteiger charge is 2.23. The van der Waals surface area contributed by atoms with Crippen molar-refractivity contribution in [2.24, 2.45) is 0 Å². The number of hydrogen-bond donors (Lipinski definition) is 1. The number of fused-ring (bicyclic) bond motifs is 1. The predicted octanol–water partition coefficient (Wildman–Crippen LogP) is 0.842. The third kappa shape index (κ3) is 1.96. The molecule has 1 aromatic rings. The molecule has 86 valence electrons. The molecule has 0 bridgehead atoms. The second-order valence-electron chi connectivity index (χ2n) is 3.79. The lowest BCUT2D eigenvalue weighted by molar-refractivity contribution is 0.330. The number of anilines is 1. The first-order valence-corrected chi connectivity index (χ1v) is 6.74. The number of nitrogens with zero attached hydrogens (tertiary/aromatic N) is 1. The molecule has 0 aromatic heterocycles. The van der Waals surface area contributed by atoms with Crippen molar-refractivity contribution in [1.82, 2.24) is 0 Å². The minimum atomic E-state index is -3.30. The Kier molecular flexibility index (Phi) is 2.73. The van der Waals surface area contributed by atoms with Crippen LogP contribution in [0.25, 0.3) is 6.08 Å². The van der Waals surface area contributed by atoms with Crippen LogP contribution in [0.1, 0.15) is 5.56 Å². The van der Waals surface area contributed by atoms with Crippen molar-refractivity contribution in [2.45, 2.75) is 0 Å². The zero-order valence-electron chi connectivity index (χ0n) is 8.92. The number of aliphatic hydroxyl groups is 1. The molecule has 4 nitrogen and oxygen atoms in total. The first-order valence-electron chi connectivity index (χ1n) is 4.89. The molecule has 1 aromatic carbocycles. The second kappa shape index (κ2) is 3.92. The maximum Gasteiger partial charge on any atom is 0.232 e. The van der Waals surface area contributed by atoms with E-state index in [9.17, 15) is 8.42 Å². The van der Waals surface area contributed by atoms with Crippen molar-refractivity contribution in [3.63, 3.8) is 0 Å². The van der Waals surface area contributed by atoms with Crippen molar-refractivity contribution in [3.8, 4) is 0 Å². The Hall–Kier alpha value is -1.33. The van der Waals surface area contributed by atoms with Crippen LogP contribution in [0.3, 0.4) is 0 Å². The summed E-state index contributed by atoms with van der Waals surface area (Å²) in [6, 6.07) is 7.24. The highest BCUT2D eigenvalue weighted by molar-refractivity contribution is 7.92. The van der Waals surface area contributed by atoms with E-state index < -0.39 is 10.0 Å². The lowest BCUT2D eigenvalue weighted by Crippen LogP contribution is -2.34. The number of hydrogen-bond acceptors (Lipinski definition) is 3. The minimum absolute atomic E-state index is 0.125. The van der Waals surface area contributed by atoms with Gasteiger partial charge >= 0.3 is 0 Å². The fourth-order valence-corrected chi connectivity index (χ4v) is 2.69. The van der Waals surface area contributed by atoms with Gasteiger partial charge in [0.25, 0.3) is 0 Å². The van der Waals surface area contributed by atoms with Gasteiger partial charge in [0.05, 0.1) is 25.1 Å². The summed E-state index contributed by atoms with van der Waals surface area (Å²) in [7, 11) is -3.30. The maximum absolute atomic E-state index is 11.6. The Morgan fingerprint density at radius 1 is 1.38 bits per heavy atom. The molecule has 5 heteroatoms. The van der Waals surface area contributed by atoms with E-state index >= 15 is 0 Å². The smallest absolute Gasteiger partial charge is 0.232 e. The van der Waals surface area contributed by atoms with Crippen LogP contribution in [0.15, 0.2) is 29.8 Å². The van der Waals surface area contributed by atoms with Crippen LogP contribution >= 0.6 is 0 Å². The van der Waals surface area contributed by atoms with E-state index in [1.165, 1.54) is 10.6 Å². The van der Waals surface area contributed by atoms with Gasteiger partial charge in [0.2, 0.25) is 10.0 Å². The molecule has 0 spiro atoms. The van der Waals surface area contributed by atoms with Crippen LogP contribution in [0, 0.1) is 0 Å². The van der Waals surface area contributed by atoms with Gasteiger partial charge in [0.15, 0.2) is 0 Å². The molecule has 1 N–H and O–H groups in total. The molecule has 16 heavy (non-hydrogen) atoms. The zero-order valence-corrected chi connectivity index (χ0v) is 9.74. The summed E-state index contributed by atoms with van der Waals surface area (Å²) in [5.74, 6) is 0. The third-order valence-electron chi connectivity index (χ3n) is 2.52. The van der Waals surface area contributed by atoms with Gasteiger partial charge in [-0.1, -0.05) is 18.2 Å². The molecule has 0 radical (unpaired) electrons. The van der Waals surface area contributed by atoms with Gasteiger partial charge < -0.3 is 5.11 Å². The van der Waals surface area contributed by atoms with E-state index in [2.05, 4.69) is 0 Å². The van der Waals surface area contributed by atoms with Gasteiger partial charge in [-0.05, 0) is 23.3 Å². The lowest BCUT2D eigenvalue weighted by Gasteiger charge is -2.28. The maximum atomic E-state index is 11.6. The molecule has 0 fully saturated rings. The first-order chi connectivity index (χ1) is 7.52. The van der Waals surface area contributed by atoms with E-state index in [0.29, 0.717) is 11.3 Å². The largest absolute Gasteiger partial charge is 0.392 e. The second-order valence-corrected chi connectivity index (χ2v) is 5.70. The average molecular weight is 239 g/mol. The van der Waals surface area contributed by atoms with Crippen molar-refractivity contribution in [2.75, 3.05) is 23.7 Å². The molecule has 2 rings (SSSR count). The molecule has 0 aliphatic carbocycles. The Morgan fingerprint density at radius 3 is 2.69 bits per heavy atom. The SMILES string of the molecule is CS(=O)(=O)N1CC(CO)=Cc2ccccc21. The molecule has 1 aliphatic rings. The van der Waals surface area contributed by atoms with Crippen LogP contribution in [-0.4, -0.2) is 32.9 Å². The average Bonchev–Trinajstić information content (AvgIpc) is 2.26. The lowest BCUT2D eigenvalue weighted by atomic mass is 10.1. The highest BCUT2D eigenvalue weighted by atomic mass is 32.2. The summed E-state index contributed by atoms with van der Waals surface area (Å²) >= 11 is 0. The van der Waals surface area contributed by atoms with Crippen LogP contribution in [-0.2, 0) is 10.0 Å². The third-order valence-corrected chi connectivity index (χ3v) is 3.64. The van der Waals surface area contributed by atoms with Crippen LogP contribution in [0.4, 0.5) is 5.69 Å². The topological polar surface area (TPSA) is 57.6 Å². The fourth-order valence-electron chi connectivity index (χ4n) is 1.76. The first kappa shape index (κ1) is 11.2. The molecule has 0 amide bonds. The van der Waals surface area contributed by atoms with Crippen LogP contribution in [0.2, 0.25) is 0 Å². The van der Waals surface area contributed by atoms with E-state index in [4.69, 9.17) is 5.11 Å². The molecule has 0 unspecified atom stereocenters. The summed E-state index contributed by atoms with van der Waals surface area (Å²) in [5, 5.41) is 9.11. The van der Waals surface area contributed by atoms with Crippen molar-refractivity contribution in [1.29, 1.82) is 0 Å². The summed E-state index contributed by atoms with van der Waals surface area (Å²) in [6.07, 6.45) is 3.00. The quantitative estimate of drug-likeness (QED) is 0.832. The Labute approximate surface area is 94.9 Å². The normalized spacial score (nSPS) is 15.6. The molecule has 1 heterocycles. The standard InChI is InChI=1S/C11H13NO3S/c1-16(14,15)12-7-9(8-13)6-10-4-2-3-5-11(10)12/h2-6,13H,7-8H2,1H3. The van der Waals surface area contributed by atoms with E-state index in [1.807, 2.05) is 18.2 Å². The van der Waals surface area contributed by atoms with Crippen molar-refractivity contribution >= 4 is 21.8 Å². The van der Waals surface area contributed by atoms with Gasteiger partial charge in [-0.3, -0.25) is 4.31 Å². The molecular weight excluding hydrogens is 226 g/mol. The Bertz CT molecular complexity index is 534. The summed E-state index contributed by atoms with van der Waals surface area (Å²) < 4.78 is 24.6. The summed E-state index contributed by atoms with van der Waals surface area (Å²) in [6.45, 7) is 0.104. The van der Waals surface area contributed by atoms with Crippen LogP contribution in [0.5, 0.6) is 0 Å². The Morgan fingerprint density at radius 2 is 2.06 bits per heavy atom. The van der Waals surface area contributed by atoms with E-state index in [1.54, 1.807) is 12.1 Å². The van der Waals surface area contributed by atoms with Gasteiger partial charge in [-0.25, -0.2) is 8.42 Å². The van der Waals surface area contributed by atoms with Crippen LogP contribution < -0.4 is 4.31 Å². The molecular formula is C11H13NO3S. The van der Waals surface area contributed by atoms with Gasteiger partial charge in [-0.2, -0.15) is 0 Å². The highest BCUT2D eigenvalue weighted by Crippen LogP contribution is 2.29. The monoisotopic (exact) mass is 239 g/mol. The Balaban J connectivity index is 2.57. The number of sulfonamides is 1. The molecule has 0 atom stereocenters. The number of aliphatic hydroxyl groups excluding tert-OH is 1. The fraction of sp³-hybridized carbons (Fsp3) is 0.273. The molecule has 0 saturated heterocycles. The summed E-state index contributed by atoms with van der Waals surface area (Å²) in [4.78, 5) is 0. The van der Waals surface area contributed by atoms with Crippen molar-refractivity contribution < 1.29 is 13.5 Å². The number of rotatable bonds is 2. The van der Waals surface area contributed by atoms with Crippen molar-refractivity contribution in [3.05, 3.63) is 35.4 Å².